The maximum Gasteiger partial charge on any atom is 0.372 e. The maximum atomic E-state index is 12.8. The number of nitrogens with zero attached hydrogens (tertiary/aromatic N) is 1. The fourth-order valence-electron chi connectivity index (χ4n) is 1.63. The number of halogens is 1. The molecular formula is C14H16FNO5. The van der Waals surface area contributed by atoms with Crippen LogP contribution in [0.15, 0.2) is 24.3 Å². The lowest BCUT2D eigenvalue weighted by molar-refractivity contribution is -0.151. The molecule has 0 unspecified atom stereocenters. The van der Waals surface area contributed by atoms with Gasteiger partial charge in [0.15, 0.2) is 0 Å². The number of ether oxygens (including phenoxy) is 1. The summed E-state index contributed by atoms with van der Waals surface area (Å²) >= 11 is 0. The number of Topliss-reactive ketones (excluding diaryl/α,β-unsaturated/α-hetero) is 1. The molecule has 0 bridgehead atoms. The number of carbonyl (C=O) groups excluding carboxylic acids is 2. The Labute approximate surface area is 121 Å². The zero-order chi connectivity index (χ0) is 15.8. The van der Waals surface area contributed by atoms with Crippen LogP contribution in [-0.2, 0) is 25.7 Å². The topological polar surface area (TPSA) is 83.9 Å². The lowest BCUT2D eigenvalue weighted by atomic mass is 10.2. The van der Waals surface area contributed by atoms with Crippen LogP contribution in [0.5, 0.6) is 0 Å². The van der Waals surface area contributed by atoms with Crippen LogP contribution in [-0.4, -0.2) is 47.9 Å². The lowest BCUT2D eigenvalue weighted by Gasteiger charge is -2.22. The molecule has 21 heavy (non-hydrogen) atoms. The Kier molecular flexibility index (Phi) is 6.48. The van der Waals surface area contributed by atoms with Gasteiger partial charge in [0.05, 0.1) is 13.0 Å². The van der Waals surface area contributed by atoms with Crippen LogP contribution in [0.1, 0.15) is 12.0 Å². The molecule has 0 spiro atoms. The summed E-state index contributed by atoms with van der Waals surface area (Å²) in [6, 6.07) is 5.55. The van der Waals surface area contributed by atoms with Crippen molar-refractivity contribution in [2.45, 2.75) is 13.0 Å². The monoisotopic (exact) mass is 297 g/mol. The van der Waals surface area contributed by atoms with Gasteiger partial charge in [-0.2, -0.15) is 0 Å². The van der Waals surface area contributed by atoms with E-state index in [0.29, 0.717) is 5.56 Å². The first-order chi connectivity index (χ1) is 9.93. The summed E-state index contributed by atoms with van der Waals surface area (Å²) in [6.45, 7) is 0.600. The maximum absolute atomic E-state index is 12.8. The first-order valence-electron chi connectivity index (χ1n) is 6.21. The van der Waals surface area contributed by atoms with Gasteiger partial charge < -0.3 is 14.7 Å². The number of aliphatic carboxylic acids is 1. The number of benzene rings is 1. The molecule has 6 nitrogen and oxygen atoms in total. The first kappa shape index (κ1) is 16.8. The van der Waals surface area contributed by atoms with E-state index >= 15 is 0 Å². The predicted octanol–water partition coefficient (Wildman–Crippen LogP) is 0.845. The average molecular weight is 297 g/mol. The minimum Gasteiger partial charge on any atom is -0.475 e. The number of carbonyl (C=O) groups is 3. The number of carboxylic acid groups (broad SMARTS) is 1. The van der Waals surface area contributed by atoms with Gasteiger partial charge in [-0.25, -0.2) is 9.18 Å². The third-order valence-electron chi connectivity index (χ3n) is 2.76. The van der Waals surface area contributed by atoms with Crippen molar-refractivity contribution >= 4 is 17.7 Å². The Morgan fingerprint density at radius 1 is 1.24 bits per heavy atom. The molecule has 0 saturated heterocycles. The molecule has 0 heterocycles. The van der Waals surface area contributed by atoms with Crippen LogP contribution in [0.25, 0.3) is 0 Å². The SMILES string of the molecule is COCCN(Cc1ccc(F)cc1)C(=O)CC(=O)C(=O)O. The number of methoxy groups -OCH3 is 1. The number of hydrogen-bond acceptors (Lipinski definition) is 4. The number of rotatable bonds is 8. The minimum atomic E-state index is -1.64. The highest BCUT2D eigenvalue weighted by atomic mass is 19.1. The minimum absolute atomic E-state index is 0.148. The number of hydrogen-bond donors (Lipinski definition) is 1. The van der Waals surface area contributed by atoms with Crippen molar-refractivity contribution in [3.63, 3.8) is 0 Å². The van der Waals surface area contributed by atoms with E-state index in [0.717, 1.165) is 0 Å². The highest BCUT2D eigenvalue weighted by Crippen LogP contribution is 2.08. The van der Waals surface area contributed by atoms with Crippen molar-refractivity contribution < 1.29 is 28.6 Å². The van der Waals surface area contributed by atoms with Gasteiger partial charge in [0, 0.05) is 20.2 Å². The van der Waals surface area contributed by atoms with Crippen molar-refractivity contribution in [3.8, 4) is 0 Å². The summed E-state index contributed by atoms with van der Waals surface area (Å²) in [5.74, 6) is -3.81. The summed E-state index contributed by atoms with van der Waals surface area (Å²) in [5, 5.41) is 8.52. The fraction of sp³-hybridized carbons (Fsp3) is 0.357. The standard InChI is InChI=1S/C14H16FNO5/c1-21-7-6-16(13(18)8-12(17)14(19)20)9-10-2-4-11(15)5-3-10/h2-5H,6-9H2,1H3,(H,19,20). The van der Waals surface area contributed by atoms with Gasteiger partial charge in [-0.1, -0.05) is 12.1 Å². The summed E-state index contributed by atoms with van der Waals surface area (Å²) in [7, 11) is 1.46. The van der Waals surface area contributed by atoms with Gasteiger partial charge in [-0.15, -0.1) is 0 Å². The third kappa shape index (κ3) is 5.70. The van der Waals surface area contributed by atoms with Crippen molar-refractivity contribution in [3.05, 3.63) is 35.6 Å². The lowest BCUT2D eigenvalue weighted by Crippen LogP contribution is -2.35. The van der Waals surface area contributed by atoms with E-state index < -0.39 is 29.9 Å². The Bertz CT molecular complexity index is 515. The van der Waals surface area contributed by atoms with Gasteiger partial charge >= 0.3 is 5.97 Å². The van der Waals surface area contributed by atoms with E-state index in [-0.39, 0.29) is 19.7 Å². The van der Waals surface area contributed by atoms with E-state index in [4.69, 9.17) is 9.84 Å². The van der Waals surface area contributed by atoms with Crippen LogP contribution >= 0.6 is 0 Å². The van der Waals surface area contributed by atoms with Crippen LogP contribution < -0.4 is 0 Å². The van der Waals surface area contributed by atoms with Crippen LogP contribution in [0.2, 0.25) is 0 Å². The molecule has 1 aromatic carbocycles. The van der Waals surface area contributed by atoms with Crippen molar-refractivity contribution in [1.82, 2.24) is 4.90 Å². The summed E-state index contributed by atoms with van der Waals surface area (Å²) in [4.78, 5) is 34.8. The molecule has 0 atom stereocenters. The van der Waals surface area contributed by atoms with E-state index in [1.54, 1.807) is 0 Å². The van der Waals surface area contributed by atoms with Gasteiger partial charge in [0.2, 0.25) is 11.7 Å². The molecule has 1 aromatic rings. The number of amides is 1. The second-order valence-corrected chi connectivity index (χ2v) is 4.34. The Hall–Kier alpha value is -2.28. The average Bonchev–Trinajstić information content (AvgIpc) is 2.45. The van der Waals surface area contributed by atoms with Crippen LogP contribution in [0.3, 0.4) is 0 Å². The van der Waals surface area contributed by atoms with Crippen molar-refractivity contribution in [2.24, 2.45) is 0 Å². The van der Waals surface area contributed by atoms with Crippen LogP contribution in [0.4, 0.5) is 4.39 Å². The van der Waals surface area contributed by atoms with Gasteiger partial charge in [0.25, 0.3) is 0 Å². The molecule has 1 rings (SSSR count). The molecule has 114 valence electrons. The highest BCUT2D eigenvalue weighted by molar-refractivity contribution is 6.36. The summed E-state index contributed by atoms with van der Waals surface area (Å²) in [5.41, 5.74) is 0.670. The van der Waals surface area contributed by atoms with E-state index in [2.05, 4.69) is 0 Å². The Balaban J connectivity index is 2.74. The highest BCUT2D eigenvalue weighted by Gasteiger charge is 2.21. The molecule has 1 N–H and O–H groups in total. The molecule has 0 aliphatic heterocycles. The van der Waals surface area contributed by atoms with Gasteiger partial charge in [-0.3, -0.25) is 9.59 Å². The number of carboxylic acids is 1. The molecule has 0 aliphatic carbocycles. The molecule has 0 aliphatic rings. The first-order valence-corrected chi connectivity index (χ1v) is 6.21. The van der Waals surface area contributed by atoms with E-state index in [9.17, 15) is 18.8 Å². The molecular weight excluding hydrogens is 281 g/mol. The van der Waals surface area contributed by atoms with Crippen molar-refractivity contribution in [1.29, 1.82) is 0 Å². The molecule has 7 heteroatoms. The molecule has 0 radical (unpaired) electrons. The summed E-state index contributed by atoms with van der Waals surface area (Å²) < 4.78 is 17.7. The molecule has 0 fully saturated rings. The van der Waals surface area contributed by atoms with Gasteiger partial charge in [-0.05, 0) is 17.7 Å². The number of ketones is 1. The van der Waals surface area contributed by atoms with E-state index in [1.165, 1.54) is 36.3 Å². The Morgan fingerprint density at radius 2 is 1.86 bits per heavy atom. The quantitative estimate of drug-likeness (QED) is 0.568. The smallest absolute Gasteiger partial charge is 0.372 e. The third-order valence-corrected chi connectivity index (χ3v) is 2.76. The van der Waals surface area contributed by atoms with Crippen LogP contribution in [0, 0.1) is 5.82 Å². The fourth-order valence-corrected chi connectivity index (χ4v) is 1.63. The zero-order valence-electron chi connectivity index (χ0n) is 11.5. The Morgan fingerprint density at radius 3 is 2.38 bits per heavy atom. The molecule has 0 aromatic heterocycles. The van der Waals surface area contributed by atoms with Gasteiger partial charge in [0.1, 0.15) is 5.82 Å². The second kappa shape index (κ2) is 8.11. The predicted molar refractivity (Wildman–Crippen MR) is 71.0 cm³/mol. The summed E-state index contributed by atoms with van der Waals surface area (Å²) in [6.07, 6.45) is -0.708. The second-order valence-electron chi connectivity index (χ2n) is 4.34. The largest absolute Gasteiger partial charge is 0.475 e. The molecule has 1 amide bonds. The van der Waals surface area contributed by atoms with E-state index in [1.807, 2.05) is 0 Å². The molecule has 0 saturated carbocycles. The van der Waals surface area contributed by atoms with Crippen molar-refractivity contribution in [2.75, 3.05) is 20.3 Å². The normalized spacial score (nSPS) is 10.2. The zero-order valence-corrected chi connectivity index (χ0v) is 11.5.